The van der Waals surface area contributed by atoms with Gasteiger partial charge in [0.25, 0.3) is 0 Å². The van der Waals surface area contributed by atoms with E-state index in [2.05, 4.69) is 7.05 Å². The molecular formula is C7H14NO-. The van der Waals surface area contributed by atoms with Gasteiger partial charge in [0.1, 0.15) is 0 Å². The molecule has 0 bridgehead atoms. The quantitative estimate of drug-likeness (QED) is 0.486. The second-order valence-corrected chi connectivity index (χ2v) is 2.60. The Morgan fingerprint density at radius 3 is 2.33 bits per heavy atom. The molecule has 0 saturated carbocycles. The van der Waals surface area contributed by atoms with E-state index in [1.165, 1.54) is 0 Å². The Morgan fingerprint density at radius 1 is 1.44 bits per heavy atom. The van der Waals surface area contributed by atoms with Crippen LogP contribution in [0.15, 0.2) is 0 Å². The van der Waals surface area contributed by atoms with Gasteiger partial charge in [-0.3, -0.25) is 7.05 Å². The van der Waals surface area contributed by atoms with Crippen molar-refractivity contribution < 1.29 is 4.74 Å². The minimum atomic E-state index is 0.652. The van der Waals surface area contributed by atoms with Gasteiger partial charge in [0, 0.05) is 13.2 Å². The normalized spacial score (nSPS) is 23.0. The smallest absolute Gasteiger partial charge is 0.0480 e. The van der Waals surface area contributed by atoms with Gasteiger partial charge in [0.05, 0.1) is 0 Å². The fraction of sp³-hybridized carbons (Fsp3) is 0.857. The van der Waals surface area contributed by atoms with E-state index in [0.29, 0.717) is 6.04 Å². The summed E-state index contributed by atoms with van der Waals surface area (Å²) in [6.45, 7) is 1.81. The van der Waals surface area contributed by atoms with E-state index in [1.54, 1.807) is 0 Å². The zero-order valence-corrected chi connectivity index (χ0v) is 5.97. The standard InChI is InChI=1S/C7H14NO/c1-8(2)7-3-5-9-6-4-7/h7H,1,3-6H2,2H3/q-1. The maximum Gasteiger partial charge on any atom is 0.0480 e. The Morgan fingerprint density at radius 2 is 2.00 bits per heavy atom. The molecule has 0 amide bonds. The topological polar surface area (TPSA) is 12.5 Å². The van der Waals surface area contributed by atoms with Crippen LogP contribution in [-0.4, -0.2) is 31.2 Å². The summed E-state index contributed by atoms with van der Waals surface area (Å²) in [7, 11) is 5.86. The summed E-state index contributed by atoms with van der Waals surface area (Å²) < 4.78 is 5.20. The lowest BCUT2D eigenvalue weighted by Gasteiger charge is -2.33. The van der Waals surface area contributed by atoms with Gasteiger partial charge in [-0.25, -0.2) is 0 Å². The number of rotatable bonds is 1. The van der Waals surface area contributed by atoms with E-state index in [-0.39, 0.29) is 0 Å². The van der Waals surface area contributed by atoms with Crippen LogP contribution in [0.2, 0.25) is 0 Å². The maximum absolute atomic E-state index is 5.20. The van der Waals surface area contributed by atoms with Crippen LogP contribution in [0.25, 0.3) is 0 Å². The van der Waals surface area contributed by atoms with Gasteiger partial charge in [-0.05, 0) is 25.9 Å². The molecular weight excluding hydrogens is 114 g/mol. The van der Waals surface area contributed by atoms with Gasteiger partial charge in [0.15, 0.2) is 0 Å². The summed E-state index contributed by atoms with van der Waals surface area (Å²) in [5.41, 5.74) is 0. The third-order valence-electron chi connectivity index (χ3n) is 1.81. The molecule has 0 unspecified atom stereocenters. The highest BCUT2D eigenvalue weighted by atomic mass is 16.5. The Hall–Kier alpha value is -0.0800. The lowest BCUT2D eigenvalue weighted by atomic mass is 10.1. The van der Waals surface area contributed by atoms with Crippen LogP contribution in [-0.2, 0) is 4.74 Å². The first-order valence-electron chi connectivity index (χ1n) is 3.42. The fourth-order valence-corrected chi connectivity index (χ4v) is 1.13. The summed E-state index contributed by atoms with van der Waals surface area (Å²) in [4.78, 5) is 2.03. The molecule has 0 radical (unpaired) electrons. The zero-order valence-electron chi connectivity index (χ0n) is 5.97. The number of hydrogen-bond donors (Lipinski definition) is 0. The van der Waals surface area contributed by atoms with E-state index in [9.17, 15) is 0 Å². The molecule has 0 N–H and O–H groups in total. The minimum absolute atomic E-state index is 0.652. The van der Waals surface area contributed by atoms with Gasteiger partial charge >= 0.3 is 0 Å². The highest BCUT2D eigenvalue weighted by Crippen LogP contribution is 2.10. The first kappa shape index (κ1) is 7.03. The molecule has 1 aliphatic rings. The molecule has 54 valence electrons. The molecule has 1 saturated heterocycles. The molecule has 0 spiro atoms. The lowest BCUT2D eigenvalue weighted by Crippen LogP contribution is -2.32. The first-order chi connectivity index (χ1) is 4.30. The molecule has 0 aromatic rings. The first-order valence-corrected chi connectivity index (χ1v) is 3.42. The number of ether oxygens (including phenoxy) is 1. The predicted octanol–water partition coefficient (Wildman–Crippen LogP) is 0.889. The third kappa shape index (κ3) is 1.95. The van der Waals surface area contributed by atoms with E-state index in [0.717, 1.165) is 26.1 Å². The van der Waals surface area contributed by atoms with Crippen molar-refractivity contribution >= 4 is 0 Å². The van der Waals surface area contributed by atoms with Crippen molar-refractivity contribution in [1.82, 2.24) is 4.90 Å². The van der Waals surface area contributed by atoms with Crippen molar-refractivity contribution in [2.45, 2.75) is 18.9 Å². The fourth-order valence-electron chi connectivity index (χ4n) is 1.13. The van der Waals surface area contributed by atoms with Crippen LogP contribution in [0.5, 0.6) is 0 Å². The van der Waals surface area contributed by atoms with Crippen LogP contribution < -0.4 is 0 Å². The SMILES string of the molecule is [CH2-]N(C)C1CCOCC1. The minimum Gasteiger partial charge on any atom is -0.459 e. The molecule has 9 heavy (non-hydrogen) atoms. The van der Waals surface area contributed by atoms with Crippen LogP contribution >= 0.6 is 0 Å². The molecule has 2 nitrogen and oxygen atoms in total. The summed E-state index contributed by atoms with van der Waals surface area (Å²) >= 11 is 0. The van der Waals surface area contributed by atoms with Gasteiger partial charge < -0.3 is 9.64 Å². The molecule has 0 aromatic heterocycles. The summed E-state index contributed by atoms with van der Waals surface area (Å²) in [6, 6.07) is 0.652. The van der Waals surface area contributed by atoms with Crippen LogP contribution in [0.1, 0.15) is 12.8 Å². The van der Waals surface area contributed by atoms with Crippen molar-refractivity contribution in [2.75, 3.05) is 20.3 Å². The molecule has 0 aliphatic carbocycles. The molecule has 1 rings (SSSR count). The Kier molecular flexibility index (Phi) is 2.49. The molecule has 1 fully saturated rings. The third-order valence-corrected chi connectivity index (χ3v) is 1.81. The van der Waals surface area contributed by atoms with Crippen molar-refractivity contribution in [3.63, 3.8) is 0 Å². The molecule has 0 atom stereocenters. The van der Waals surface area contributed by atoms with Crippen molar-refractivity contribution in [3.05, 3.63) is 7.05 Å². The van der Waals surface area contributed by atoms with Crippen molar-refractivity contribution in [3.8, 4) is 0 Å². The predicted molar refractivity (Wildman–Crippen MR) is 37.0 cm³/mol. The van der Waals surface area contributed by atoms with E-state index in [4.69, 9.17) is 4.74 Å². The van der Waals surface area contributed by atoms with Gasteiger partial charge in [-0.15, -0.1) is 0 Å². The second kappa shape index (κ2) is 3.18. The lowest BCUT2D eigenvalue weighted by molar-refractivity contribution is 0.0551. The molecule has 2 heteroatoms. The molecule has 1 heterocycles. The summed E-state index contributed by atoms with van der Waals surface area (Å²) in [5.74, 6) is 0. The average molecular weight is 128 g/mol. The Bertz CT molecular complexity index is 77.0. The molecule has 0 aromatic carbocycles. The molecule has 1 aliphatic heterocycles. The van der Waals surface area contributed by atoms with Crippen LogP contribution in [0.3, 0.4) is 0 Å². The highest BCUT2D eigenvalue weighted by molar-refractivity contribution is 4.70. The van der Waals surface area contributed by atoms with E-state index < -0.39 is 0 Å². The summed E-state index contributed by atoms with van der Waals surface area (Å²) in [6.07, 6.45) is 2.28. The van der Waals surface area contributed by atoms with Gasteiger partial charge in [-0.2, -0.15) is 0 Å². The maximum atomic E-state index is 5.20. The number of hydrogen-bond acceptors (Lipinski definition) is 2. The summed E-state index contributed by atoms with van der Waals surface area (Å²) in [5, 5.41) is 0. The zero-order chi connectivity index (χ0) is 6.69. The Balaban J connectivity index is 2.23. The number of nitrogens with zero attached hydrogens (tertiary/aromatic N) is 1. The van der Waals surface area contributed by atoms with Crippen molar-refractivity contribution in [2.24, 2.45) is 0 Å². The monoisotopic (exact) mass is 128 g/mol. The van der Waals surface area contributed by atoms with Gasteiger partial charge in [0.2, 0.25) is 0 Å². The van der Waals surface area contributed by atoms with Crippen molar-refractivity contribution in [1.29, 1.82) is 0 Å². The van der Waals surface area contributed by atoms with Gasteiger partial charge in [-0.1, -0.05) is 0 Å². The van der Waals surface area contributed by atoms with Crippen LogP contribution in [0.4, 0.5) is 0 Å². The van der Waals surface area contributed by atoms with Crippen LogP contribution in [0, 0.1) is 7.05 Å². The second-order valence-electron chi connectivity index (χ2n) is 2.60. The van der Waals surface area contributed by atoms with E-state index in [1.807, 2.05) is 11.9 Å². The van der Waals surface area contributed by atoms with E-state index >= 15 is 0 Å². The largest absolute Gasteiger partial charge is 0.459 e. The Labute approximate surface area is 56.8 Å². The average Bonchev–Trinajstić information content (AvgIpc) is 1.90. The highest BCUT2D eigenvalue weighted by Gasteiger charge is 2.11.